The van der Waals surface area contributed by atoms with Crippen molar-refractivity contribution < 1.29 is 9.53 Å². The van der Waals surface area contributed by atoms with Crippen LogP contribution in [0.1, 0.15) is 18.0 Å². The van der Waals surface area contributed by atoms with E-state index in [0.717, 1.165) is 5.56 Å². The number of amides is 1. The monoisotopic (exact) mass is 220 g/mol. The molecule has 1 saturated heterocycles. The van der Waals surface area contributed by atoms with Crippen molar-refractivity contribution in [2.75, 3.05) is 20.8 Å². The summed E-state index contributed by atoms with van der Waals surface area (Å²) in [7, 11) is 3.51. The Morgan fingerprint density at radius 2 is 2.44 bits per heavy atom. The van der Waals surface area contributed by atoms with E-state index in [1.807, 2.05) is 25.4 Å². The lowest BCUT2D eigenvalue weighted by molar-refractivity contribution is -0.127. The van der Waals surface area contributed by atoms with Crippen molar-refractivity contribution in [3.63, 3.8) is 0 Å². The predicted molar refractivity (Wildman–Crippen MR) is 59.7 cm³/mol. The van der Waals surface area contributed by atoms with Crippen LogP contribution in [0.2, 0.25) is 0 Å². The number of nitrogens with zero attached hydrogens (tertiary/aromatic N) is 2. The van der Waals surface area contributed by atoms with Crippen LogP contribution in [0.5, 0.6) is 0 Å². The summed E-state index contributed by atoms with van der Waals surface area (Å²) in [5.41, 5.74) is 1.08. The zero-order valence-corrected chi connectivity index (χ0v) is 9.59. The number of carbonyl (C=O) groups is 1. The van der Waals surface area contributed by atoms with E-state index in [4.69, 9.17) is 4.74 Å². The van der Waals surface area contributed by atoms with Gasteiger partial charge in [0.25, 0.3) is 0 Å². The number of aromatic nitrogens is 1. The molecule has 1 aromatic rings. The highest BCUT2D eigenvalue weighted by Crippen LogP contribution is 2.36. The summed E-state index contributed by atoms with van der Waals surface area (Å²) in [5, 5.41) is 0. The van der Waals surface area contributed by atoms with Crippen molar-refractivity contribution in [1.29, 1.82) is 0 Å². The molecule has 4 nitrogen and oxygen atoms in total. The van der Waals surface area contributed by atoms with Gasteiger partial charge in [0.1, 0.15) is 0 Å². The third-order valence-corrected chi connectivity index (χ3v) is 3.10. The average molecular weight is 220 g/mol. The Bertz CT molecular complexity index is 367. The van der Waals surface area contributed by atoms with E-state index in [1.165, 1.54) is 0 Å². The number of likely N-dealkylation sites (tertiary alicyclic amines) is 1. The van der Waals surface area contributed by atoms with Crippen LogP contribution in [0, 0.1) is 5.92 Å². The molecule has 1 aromatic heterocycles. The minimum Gasteiger partial charge on any atom is -0.384 e. The topological polar surface area (TPSA) is 42.4 Å². The van der Waals surface area contributed by atoms with Crippen molar-refractivity contribution in [2.45, 2.75) is 12.5 Å². The Hall–Kier alpha value is -1.42. The van der Waals surface area contributed by atoms with Gasteiger partial charge in [-0.1, -0.05) is 6.07 Å². The number of ether oxygens (including phenoxy) is 1. The molecule has 86 valence electrons. The van der Waals surface area contributed by atoms with E-state index in [0.29, 0.717) is 13.0 Å². The third-order valence-electron chi connectivity index (χ3n) is 3.10. The van der Waals surface area contributed by atoms with Gasteiger partial charge >= 0.3 is 0 Å². The van der Waals surface area contributed by atoms with E-state index in [-0.39, 0.29) is 17.9 Å². The van der Waals surface area contributed by atoms with Gasteiger partial charge in [0.15, 0.2) is 0 Å². The van der Waals surface area contributed by atoms with Gasteiger partial charge in [-0.2, -0.15) is 0 Å². The summed E-state index contributed by atoms with van der Waals surface area (Å²) in [4.78, 5) is 17.6. The highest BCUT2D eigenvalue weighted by molar-refractivity contribution is 5.79. The number of hydrogen-bond acceptors (Lipinski definition) is 3. The van der Waals surface area contributed by atoms with E-state index in [2.05, 4.69) is 4.98 Å². The first-order valence-electron chi connectivity index (χ1n) is 5.38. The Balaban J connectivity index is 2.26. The molecule has 0 spiro atoms. The molecule has 2 atom stereocenters. The second-order valence-corrected chi connectivity index (χ2v) is 4.16. The molecule has 1 amide bonds. The van der Waals surface area contributed by atoms with Crippen molar-refractivity contribution in [3.8, 4) is 0 Å². The zero-order chi connectivity index (χ0) is 11.5. The number of rotatable bonds is 3. The molecular weight excluding hydrogens is 204 g/mol. The summed E-state index contributed by atoms with van der Waals surface area (Å²) in [6.45, 7) is 0.607. The lowest BCUT2D eigenvalue weighted by Crippen LogP contribution is -2.25. The van der Waals surface area contributed by atoms with Crippen molar-refractivity contribution in [3.05, 3.63) is 30.1 Å². The molecule has 2 heterocycles. The number of hydrogen-bond donors (Lipinski definition) is 0. The van der Waals surface area contributed by atoms with Crippen LogP contribution >= 0.6 is 0 Å². The van der Waals surface area contributed by atoms with Gasteiger partial charge in [-0.3, -0.25) is 9.78 Å². The smallest absolute Gasteiger partial charge is 0.223 e. The molecular formula is C12H16N2O2. The lowest BCUT2D eigenvalue weighted by atomic mass is 9.96. The SMILES string of the molecule is COCC1CC(=O)N(C)C1c1cccnc1. The summed E-state index contributed by atoms with van der Waals surface area (Å²) in [5.74, 6) is 0.405. The fourth-order valence-electron chi connectivity index (χ4n) is 2.36. The molecule has 1 fully saturated rings. The first-order valence-corrected chi connectivity index (χ1v) is 5.38. The highest BCUT2D eigenvalue weighted by atomic mass is 16.5. The van der Waals surface area contributed by atoms with Crippen molar-refractivity contribution in [2.24, 2.45) is 5.92 Å². The maximum atomic E-state index is 11.7. The molecule has 0 radical (unpaired) electrons. The fraction of sp³-hybridized carbons (Fsp3) is 0.500. The molecule has 1 aliphatic heterocycles. The van der Waals surface area contributed by atoms with Crippen LogP contribution in [0.25, 0.3) is 0 Å². The van der Waals surface area contributed by atoms with Crippen LogP contribution in [-0.4, -0.2) is 36.6 Å². The fourth-order valence-corrected chi connectivity index (χ4v) is 2.36. The van der Waals surface area contributed by atoms with Gasteiger partial charge in [-0.15, -0.1) is 0 Å². The Kier molecular flexibility index (Phi) is 3.19. The van der Waals surface area contributed by atoms with Gasteiger partial charge in [0.2, 0.25) is 5.91 Å². The molecule has 0 aromatic carbocycles. The summed E-state index contributed by atoms with van der Waals surface area (Å²) < 4.78 is 5.17. The quantitative estimate of drug-likeness (QED) is 0.770. The molecule has 16 heavy (non-hydrogen) atoms. The van der Waals surface area contributed by atoms with E-state index in [1.54, 1.807) is 18.2 Å². The highest BCUT2D eigenvalue weighted by Gasteiger charge is 2.38. The molecule has 2 unspecified atom stereocenters. The Morgan fingerprint density at radius 1 is 1.62 bits per heavy atom. The summed E-state index contributed by atoms with van der Waals surface area (Å²) in [6, 6.07) is 4.01. The molecule has 0 saturated carbocycles. The van der Waals surface area contributed by atoms with E-state index < -0.39 is 0 Å². The molecule has 0 bridgehead atoms. The molecule has 1 aliphatic rings. The second-order valence-electron chi connectivity index (χ2n) is 4.16. The minimum absolute atomic E-state index is 0.0983. The average Bonchev–Trinajstić information content (AvgIpc) is 2.57. The maximum Gasteiger partial charge on any atom is 0.223 e. The van der Waals surface area contributed by atoms with Crippen LogP contribution in [0.15, 0.2) is 24.5 Å². The lowest BCUT2D eigenvalue weighted by Gasteiger charge is -2.24. The molecule has 2 rings (SSSR count). The first-order chi connectivity index (χ1) is 7.74. The molecule has 0 N–H and O–H groups in total. The first kappa shape index (κ1) is 11.1. The Morgan fingerprint density at radius 3 is 3.06 bits per heavy atom. The largest absolute Gasteiger partial charge is 0.384 e. The van der Waals surface area contributed by atoms with E-state index >= 15 is 0 Å². The maximum absolute atomic E-state index is 11.7. The standard InChI is InChI=1S/C12H16N2O2/c1-14-11(15)6-10(8-16-2)12(14)9-4-3-5-13-7-9/h3-5,7,10,12H,6,8H2,1-2H3. The summed E-state index contributed by atoms with van der Waals surface area (Å²) >= 11 is 0. The zero-order valence-electron chi connectivity index (χ0n) is 9.59. The van der Waals surface area contributed by atoms with Crippen molar-refractivity contribution >= 4 is 5.91 Å². The van der Waals surface area contributed by atoms with Gasteiger partial charge in [0.05, 0.1) is 12.6 Å². The van der Waals surface area contributed by atoms with Crippen LogP contribution in [0.4, 0.5) is 0 Å². The number of methoxy groups -OCH3 is 1. The molecule has 4 heteroatoms. The van der Waals surface area contributed by atoms with Gasteiger partial charge in [-0.05, 0) is 11.6 Å². The third kappa shape index (κ3) is 1.93. The van der Waals surface area contributed by atoms with Crippen LogP contribution in [0.3, 0.4) is 0 Å². The van der Waals surface area contributed by atoms with Gasteiger partial charge in [-0.25, -0.2) is 0 Å². The summed E-state index contributed by atoms with van der Waals surface area (Å²) in [6.07, 6.45) is 4.12. The van der Waals surface area contributed by atoms with Gasteiger partial charge < -0.3 is 9.64 Å². The normalized spacial score (nSPS) is 25.1. The minimum atomic E-state index is 0.0983. The Labute approximate surface area is 95.2 Å². The van der Waals surface area contributed by atoms with E-state index in [9.17, 15) is 4.79 Å². The van der Waals surface area contributed by atoms with Gasteiger partial charge in [0, 0.05) is 38.9 Å². The molecule has 0 aliphatic carbocycles. The second kappa shape index (κ2) is 4.61. The van der Waals surface area contributed by atoms with Crippen LogP contribution in [-0.2, 0) is 9.53 Å². The number of pyridine rings is 1. The number of carbonyl (C=O) groups excluding carboxylic acids is 1. The van der Waals surface area contributed by atoms with Crippen molar-refractivity contribution in [1.82, 2.24) is 9.88 Å². The van der Waals surface area contributed by atoms with Crippen LogP contribution < -0.4 is 0 Å². The predicted octanol–water partition coefficient (Wildman–Crippen LogP) is 1.25.